The number of carbonyl (C=O) groups is 2. The summed E-state index contributed by atoms with van der Waals surface area (Å²) < 4.78 is 0. The molecule has 2 rings (SSSR count). The van der Waals surface area contributed by atoms with Gasteiger partial charge in [0.15, 0.2) is 0 Å². The largest absolute Gasteiger partial charge is 0.507 e. The molecule has 1 amide bonds. The molecule has 0 aromatic heterocycles. The lowest BCUT2D eigenvalue weighted by Gasteiger charge is -2.29. The third kappa shape index (κ3) is 3.85. The van der Waals surface area contributed by atoms with Gasteiger partial charge in [0.25, 0.3) is 5.91 Å². The van der Waals surface area contributed by atoms with Crippen molar-refractivity contribution in [1.82, 2.24) is 4.90 Å². The van der Waals surface area contributed by atoms with Gasteiger partial charge in [-0.3, -0.25) is 4.79 Å². The smallest absolute Gasteiger partial charge is 0.326 e. The molecule has 26 heavy (non-hydrogen) atoms. The van der Waals surface area contributed by atoms with Crippen molar-refractivity contribution in [3.05, 3.63) is 28.8 Å². The van der Waals surface area contributed by atoms with Crippen molar-refractivity contribution < 1.29 is 24.9 Å². The van der Waals surface area contributed by atoms with Gasteiger partial charge in [0.05, 0.1) is 6.10 Å². The predicted molar refractivity (Wildman–Crippen MR) is 98.6 cm³/mol. The van der Waals surface area contributed by atoms with Crippen molar-refractivity contribution in [2.24, 2.45) is 0 Å². The summed E-state index contributed by atoms with van der Waals surface area (Å²) in [7, 11) is 0. The van der Waals surface area contributed by atoms with Crippen LogP contribution in [0.15, 0.2) is 12.1 Å². The zero-order chi connectivity index (χ0) is 20.0. The number of aromatic hydroxyl groups is 1. The molecule has 1 heterocycles. The summed E-state index contributed by atoms with van der Waals surface area (Å²) in [5.41, 5.74) is 0.826. The molecule has 1 aliphatic rings. The van der Waals surface area contributed by atoms with Crippen molar-refractivity contribution in [1.29, 1.82) is 0 Å². The summed E-state index contributed by atoms with van der Waals surface area (Å²) in [6.07, 6.45) is -0.821. The van der Waals surface area contributed by atoms with E-state index in [0.717, 1.165) is 0 Å². The van der Waals surface area contributed by atoms with E-state index >= 15 is 0 Å². The first-order valence-corrected chi connectivity index (χ1v) is 8.83. The molecule has 1 saturated heterocycles. The average Bonchev–Trinajstić information content (AvgIpc) is 2.86. The van der Waals surface area contributed by atoms with E-state index in [1.54, 1.807) is 12.1 Å². The van der Waals surface area contributed by atoms with Crippen LogP contribution in [0, 0.1) is 0 Å². The zero-order valence-corrected chi connectivity index (χ0v) is 16.3. The van der Waals surface area contributed by atoms with Crippen LogP contribution in [0.1, 0.15) is 69.4 Å². The number of likely N-dealkylation sites (tertiary alicyclic amines) is 1. The Labute approximate surface area is 154 Å². The maximum Gasteiger partial charge on any atom is 0.326 e. The number of rotatable bonds is 2. The Hall–Kier alpha value is -2.08. The number of amides is 1. The summed E-state index contributed by atoms with van der Waals surface area (Å²) in [5, 5.41) is 29.9. The molecule has 1 aromatic rings. The van der Waals surface area contributed by atoms with Gasteiger partial charge in [-0.2, -0.15) is 0 Å². The molecule has 3 N–H and O–H groups in total. The highest BCUT2D eigenvalue weighted by molar-refractivity contribution is 5.97. The van der Waals surface area contributed by atoms with Crippen LogP contribution in [0.3, 0.4) is 0 Å². The molecule has 1 aromatic carbocycles. The van der Waals surface area contributed by atoms with Gasteiger partial charge in [0.1, 0.15) is 11.8 Å². The van der Waals surface area contributed by atoms with Gasteiger partial charge < -0.3 is 20.2 Å². The Kier molecular flexibility index (Phi) is 5.12. The lowest BCUT2D eigenvalue weighted by atomic mass is 9.78. The molecule has 6 nitrogen and oxygen atoms in total. The monoisotopic (exact) mass is 363 g/mol. The molecule has 144 valence electrons. The molecular weight excluding hydrogens is 334 g/mol. The normalized spacial score (nSPS) is 21.1. The highest BCUT2D eigenvalue weighted by atomic mass is 16.4. The molecule has 2 atom stereocenters. The first-order chi connectivity index (χ1) is 11.7. The first-order valence-electron chi connectivity index (χ1n) is 8.83. The summed E-state index contributed by atoms with van der Waals surface area (Å²) in [4.78, 5) is 25.7. The number of aliphatic hydroxyl groups is 1. The quantitative estimate of drug-likeness (QED) is 0.750. The maximum atomic E-state index is 13.0. The molecule has 2 unspecified atom stereocenters. The molecular formula is C20H29NO5. The van der Waals surface area contributed by atoms with E-state index in [2.05, 4.69) is 0 Å². The molecule has 0 aliphatic carbocycles. The second kappa shape index (κ2) is 6.58. The number of phenols is 1. The van der Waals surface area contributed by atoms with Gasteiger partial charge in [-0.05, 0) is 23.0 Å². The maximum absolute atomic E-state index is 13.0. The number of nitrogens with zero attached hydrogens (tertiary/aromatic N) is 1. The fourth-order valence-electron chi connectivity index (χ4n) is 3.34. The van der Waals surface area contributed by atoms with Gasteiger partial charge in [0, 0.05) is 29.7 Å². The minimum atomic E-state index is -1.12. The van der Waals surface area contributed by atoms with Crippen LogP contribution in [0.25, 0.3) is 0 Å². The number of aliphatic carboxylic acids is 1. The SMILES string of the molecule is CC(C)(C)c1cc(C(=O)N2CC(O)CC2C(=O)O)cc(C(C)(C)C)c1O. The van der Waals surface area contributed by atoms with Crippen molar-refractivity contribution in [3.63, 3.8) is 0 Å². The number of benzene rings is 1. The van der Waals surface area contributed by atoms with Gasteiger partial charge in [-0.15, -0.1) is 0 Å². The lowest BCUT2D eigenvalue weighted by molar-refractivity contribution is -0.141. The Morgan fingerprint density at radius 3 is 1.88 bits per heavy atom. The van der Waals surface area contributed by atoms with E-state index < -0.39 is 34.9 Å². The van der Waals surface area contributed by atoms with Crippen molar-refractivity contribution in [2.75, 3.05) is 6.54 Å². The van der Waals surface area contributed by atoms with Crippen LogP contribution in [-0.4, -0.2) is 50.8 Å². The highest BCUT2D eigenvalue weighted by Crippen LogP contribution is 2.40. The fourth-order valence-corrected chi connectivity index (χ4v) is 3.34. The molecule has 6 heteroatoms. The van der Waals surface area contributed by atoms with Crippen LogP contribution in [-0.2, 0) is 15.6 Å². The Morgan fingerprint density at radius 1 is 1.04 bits per heavy atom. The first kappa shape index (κ1) is 20.2. The number of carboxylic acids is 1. The second-order valence-corrected chi connectivity index (χ2v) is 9.12. The van der Waals surface area contributed by atoms with Gasteiger partial charge in [-0.25, -0.2) is 4.79 Å². The zero-order valence-electron chi connectivity index (χ0n) is 16.3. The Bertz CT molecular complexity index is 692. The van der Waals surface area contributed by atoms with Crippen LogP contribution < -0.4 is 0 Å². The minimum Gasteiger partial charge on any atom is -0.507 e. The number of carbonyl (C=O) groups excluding carboxylic acids is 1. The summed E-state index contributed by atoms with van der Waals surface area (Å²) in [6.45, 7) is 11.7. The highest BCUT2D eigenvalue weighted by Gasteiger charge is 2.40. The van der Waals surface area contributed by atoms with E-state index in [4.69, 9.17) is 0 Å². The summed E-state index contributed by atoms with van der Waals surface area (Å²) in [5.74, 6) is -1.40. The summed E-state index contributed by atoms with van der Waals surface area (Å²) in [6, 6.07) is 2.23. The fraction of sp³-hybridized carbons (Fsp3) is 0.600. The molecule has 0 spiro atoms. The van der Waals surface area contributed by atoms with Crippen molar-refractivity contribution in [2.45, 2.75) is 70.9 Å². The van der Waals surface area contributed by atoms with Gasteiger partial charge >= 0.3 is 5.97 Å². The van der Waals surface area contributed by atoms with Crippen molar-refractivity contribution in [3.8, 4) is 5.75 Å². The third-order valence-electron chi connectivity index (χ3n) is 4.80. The number of phenolic OH excluding ortho intramolecular Hbond substituents is 1. The molecule has 1 aliphatic heterocycles. The van der Waals surface area contributed by atoms with Gasteiger partial charge in [0.2, 0.25) is 0 Å². The second-order valence-electron chi connectivity index (χ2n) is 9.12. The van der Waals surface area contributed by atoms with Crippen LogP contribution in [0.4, 0.5) is 0 Å². The number of hydrogen-bond donors (Lipinski definition) is 3. The number of hydrogen-bond acceptors (Lipinski definition) is 4. The predicted octanol–water partition coefficient (Wildman–Crippen LogP) is 2.65. The number of β-amino-alcohol motifs (C(OH)–C–C–N with tert-alkyl or cyclic N) is 1. The molecule has 0 saturated carbocycles. The van der Waals surface area contributed by atoms with Crippen LogP contribution in [0.5, 0.6) is 5.75 Å². The van der Waals surface area contributed by atoms with E-state index in [-0.39, 0.29) is 18.7 Å². The standard InChI is InChI=1S/C20H29NO5/c1-19(2,3)13-7-11(8-14(16(13)23)20(4,5)6)17(24)21-10-12(22)9-15(21)18(25)26/h7-8,12,15,22-23H,9-10H2,1-6H3,(H,25,26). The number of carboxylic acid groups (broad SMARTS) is 1. The minimum absolute atomic E-state index is 0.00756. The molecule has 1 fully saturated rings. The van der Waals surface area contributed by atoms with E-state index in [1.165, 1.54) is 4.90 Å². The Morgan fingerprint density at radius 2 is 1.50 bits per heavy atom. The lowest BCUT2D eigenvalue weighted by Crippen LogP contribution is -2.40. The molecule has 0 radical (unpaired) electrons. The average molecular weight is 363 g/mol. The van der Waals surface area contributed by atoms with Gasteiger partial charge in [-0.1, -0.05) is 41.5 Å². The van der Waals surface area contributed by atoms with E-state index in [0.29, 0.717) is 16.7 Å². The van der Waals surface area contributed by atoms with E-state index in [9.17, 15) is 24.9 Å². The third-order valence-corrected chi connectivity index (χ3v) is 4.80. The molecule has 0 bridgehead atoms. The van der Waals surface area contributed by atoms with E-state index in [1.807, 2.05) is 41.5 Å². The van der Waals surface area contributed by atoms with Crippen LogP contribution >= 0.6 is 0 Å². The topological polar surface area (TPSA) is 98.1 Å². The van der Waals surface area contributed by atoms with Crippen molar-refractivity contribution >= 4 is 11.9 Å². The summed E-state index contributed by atoms with van der Waals surface area (Å²) >= 11 is 0. The van der Waals surface area contributed by atoms with Crippen LogP contribution in [0.2, 0.25) is 0 Å². The Balaban J connectivity index is 2.59. The number of aliphatic hydroxyl groups excluding tert-OH is 1.